The molecule has 0 aliphatic carbocycles. The third-order valence-electron chi connectivity index (χ3n) is 4.59. The fourth-order valence-electron chi connectivity index (χ4n) is 3.21. The highest BCUT2D eigenvalue weighted by Crippen LogP contribution is 2.31. The Morgan fingerprint density at radius 1 is 1.00 bits per heavy atom. The Morgan fingerprint density at radius 3 is 2.71 bits per heavy atom. The van der Waals surface area contributed by atoms with Gasteiger partial charge >= 0.3 is 0 Å². The number of ether oxygens (including phenoxy) is 2. The number of hydrogen-bond donors (Lipinski definition) is 2. The molecule has 1 atom stereocenters. The molecule has 28 heavy (non-hydrogen) atoms. The lowest BCUT2D eigenvalue weighted by molar-refractivity contribution is -0.125. The number of nitrogens with one attached hydrogen (secondary N) is 2. The molecule has 6 heteroatoms. The molecular formula is C22H17N3O3. The van der Waals surface area contributed by atoms with Crippen LogP contribution in [0, 0.1) is 0 Å². The zero-order valence-electron chi connectivity index (χ0n) is 14.9. The smallest absolute Gasteiger partial charge is 0.269 e. The summed E-state index contributed by atoms with van der Waals surface area (Å²) >= 11 is 0. The highest BCUT2D eigenvalue weighted by molar-refractivity contribution is 5.95. The summed E-state index contributed by atoms with van der Waals surface area (Å²) in [6, 6.07) is 22.7. The second-order valence-corrected chi connectivity index (χ2v) is 6.54. The molecule has 1 aliphatic heterocycles. The number of aromatic nitrogens is 2. The normalized spacial score (nSPS) is 15.4. The maximum absolute atomic E-state index is 12.6. The summed E-state index contributed by atoms with van der Waals surface area (Å²) in [7, 11) is 0. The van der Waals surface area contributed by atoms with Crippen molar-refractivity contribution < 1.29 is 14.3 Å². The molecule has 0 saturated carbocycles. The Morgan fingerprint density at radius 2 is 1.82 bits per heavy atom. The number of carbonyl (C=O) groups is 1. The van der Waals surface area contributed by atoms with E-state index in [9.17, 15) is 4.79 Å². The lowest BCUT2D eigenvalue weighted by Crippen LogP contribution is -2.40. The van der Waals surface area contributed by atoms with Crippen LogP contribution in [0.5, 0.6) is 11.5 Å². The molecule has 0 unspecified atom stereocenters. The van der Waals surface area contributed by atoms with Crippen LogP contribution in [0.4, 0.5) is 5.69 Å². The maximum atomic E-state index is 12.6. The zero-order valence-corrected chi connectivity index (χ0v) is 14.9. The number of nitrogens with zero attached hydrogens (tertiary/aromatic N) is 1. The Hall–Kier alpha value is -3.80. The van der Waals surface area contributed by atoms with E-state index in [0.717, 1.165) is 22.4 Å². The predicted octanol–water partition coefficient (Wildman–Crippen LogP) is 4.01. The van der Waals surface area contributed by atoms with Crippen molar-refractivity contribution in [2.45, 2.75) is 6.10 Å². The summed E-state index contributed by atoms with van der Waals surface area (Å²) in [4.78, 5) is 20.5. The largest absolute Gasteiger partial charge is 0.485 e. The fraction of sp³-hybridized carbons (Fsp3) is 0.0909. The standard InChI is InChI=1S/C22H17N3O3/c26-22(20-13-27-18-10-3-4-11-19(18)28-20)23-15-7-5-6-14(12-15)21-24-16-8-1-2-9-17(16)25-21/h1-12,20H,13H2,(H,23,26)(H,24,25)/t20-/m0/s1. The first-order valence-electron chi connectivity index (χ1n) is 9.01. The summed E-state index contributed by atoms with van der Waals surface area (Å²) in [6.45, 7) is 0.173. The van der Waals surface area contributed by atoms with E-state index in [-0.39, 0.29) is 12.5 Å². The third kappa shape index (κ3) is 3.05. The summed E-state index contributed by atoms with van der Waals surface area (Å²) in [5, 5.41) is 2.90. The molecule has 2 heterocycles. The van der Waals surface area contributed by atoms with Gasteiger partial charge in [-0.1, -0.05) is 36.4 Å². The predicted molar refractivity (Wildman–Crippen MR) is 107 cm³/mol. The molecule has 5 rings (SSSR count). The molecule has 0 radical (unpaired) electrons. The number of benzene rings is 3. The molecule has 1 aromatic heterocycles. The van der Waals surface area contributed by atoms with Gasteiger partial charge in [-0.25, -0.2) is 4.98 Å². The van der Waals surface area contributed by atoms with Gasteiger partial charge in [0.25, 0.3) is 5.91 Å². The van der Waals surface area contributed by atoms with Crippen LogP contribution in [-0.4, -0.2) is 28.6 Å². The van der Waals surface area contributed by atoms with Crippen LogP contribution in [0.2, 0.25) is 0 Å². The van der Waals surface area contributed by atoms with Crippen molar-refractivity contribution >= 4 is 22.6 Å². The fourth-order valence-corrected chi connectivity index (χ4v) is 3.21. The molecule has 0 bridgehead atoms. The van der Waals surface area contributed by atoms with Crippen molar-refractivity contribution in [3.05, 3.63) is 72.8 Å². The van der Waals surface area contributed by atoms with Crippen molar-refractivity contribution in [3.8, 4) is 22.9 Å². The number of imidazole rings is 1. The number of amides is 1. The van der Waals surface area contributed by atoms with Gasteiger partial charge < -0.3 is 19.8 Å². The van der Waals surface area contributed by atoms with Gasteiger partial charge in [0, 0.05) is 11.3 Å². The SMILES string of the molecule is O=C(Nc1cccc(-c2nc3ccccc3[nH]2)c1)[C@@H]1COc2ccccc2O1. The first-order chi connectivity index (χ1) is 13.8. The molecule has 4 aromatic rings. The molecule has 1 aliphatic rings. The van der Waals surface area contributed by atoms with Gasteiger partial charge in [0.15, 0.2) is 11.5 Å². The summed E-state index contributed by atoms with van der Waals surface area (Å²) in [6.07, 6.45) is -0.704. The van der Waals surface area contributed by atoms with Crippen LogP contribution >= 0.6 is 0 Å². The van der Waals surface area contributed by atoms with E-state index in [1.807, 2.05) is 66.7 Å². The van der Waals surface area contributed by atoms with Gasteiger partial charge in [-0.15, -0.1) is 0 Å². The van der Waals surface area contributed by atoms with Gasteiger partial charge in [0.1, 0.15) is 12.4 Å². The van der Waals surface area contributed by atoms with Crippen molar-refractivity contribution in [3.63, 3.8) is 0 Å². The van der Waals surface area contributed by atoms with Crippen LogP contribution in [0.3, 0.4) is 0 Å². The lowest BCUT2D eigenvalue weighted by Gasteiger charge is -2.25. The third-order valence-corrected chi connectivity index (χ3v) is 4.59. The van der Waals surface area contributed by atoms with E-state index < -0.39 is 6.10 Å². The van der Waals surface area contributed by atoms with Crippen LogP contribution in [0.1, 0.15) is 0 Å². The number of aromatic amines is 1. The summed E-state index contributed by atoms with van der Waals surface area (Å²) < 4.78 is 11.4. The highest BCUT2D eigenvalue weighted by Gasteiger charge is 2.27. The second-order valence-electron chi connectivity index (χ2n) is 6.54. The van der Waals surface area contributed by atoms with Crippen molar-refractivity contribution in [1.82, 2.24) is 9.97 Å². The van der Waals surface area contributed by atoms with Crippen LogP contribution in [0.25, 0.3) is 22.4 Å². The van der Waals surface area contributed by atoms with Crippen LogP contribution in [0.15, 0.2) is 72.8 Å². The number of hydrogen-bond acceptors (Lipinski definition) is 4. The summed E-state index contributed by atoms with van der Waals surface area (Å²) in [5.74, 6) is 1.73. The van der Waals surface area contributed by atoms with Gasteiger partial charge in [-0.05, 0) is 36.4 Å². The lowest BCUT2D eigenvalue weighted by atomic mass is 10.2. The average molecular weight is 371 g/mol. The van der Waals surface area contributed by atoms with E-state index in [2.05, 4.69) is 15.3 Å². The van der Waals surface area contributed by atoms with E-state index >= 15 is 0 Å². The molecule has 3 aromatic carbocycles. The molecule has 138 valence electrons. The number of anilines is 1. The first-order valence-corrected chi connectivity index (χ1v) is 9.01. The minimum Gasteiger partial charge on any atom is -0.485 e. The molecule has 0 spiro atoms. The highest BCUT2D eigenvalue weighted by atomic mass is 16.6. The Balaban J connectivity index is 1.35. The minimum absolute atomic E-state index is 0.173. The van der Waals surface area contributed by atoms with Crippen LogP contribution < -0.4 is 14.8 Å². The molecular weight excluding hydrogens is 354 g/mol. The number of para-hydroxylation sites is 4. The Bertz CT molecular complexity index is 1140. The number of rotatable bonds is 3. The summed E-state index contributed by atoms with van der Waals surface area (Å²) in [5.41, 5.74) is 3.43. The topological polar surface area (TPSA) is 76.2 Å². The zero-order chi connectivity index (χ0) is 18.9. The van der Waals surface area contributed by atoms with E-state index in [0.29, 0.717) is 17.2 Å². The second kappa shape index (κ2) is 6.74. The monoisotopic (exact) mass is 371 g/mol. The van der Waals surface area contributed by atoms with Crippen molar-refractivity contribution in [1.29, 1.82) is 0 Å². The quantitative estimate of drug-likeness (QED) is 0.571. The number of H-pyrrole nitrogens is 1. The number of carbonyl (C=O) groups excluding carboxylic acids is 1. The van der Waals surface area contributed by atoms with E-state index in [1.165, 1.54) is 0 Å². The van der Waals surface area contributed by atoms with E-state index in [1.54, 1.807) is 6.07 Å². The van der Waals surface area contributed by atoms with E-state index in [4.69, 9.17) is 9.47 Å². The van der Waals surface area contributed by atoms with Gasteiger partial charge in [-0.3, -0.25) is 4.79 Å². The van der Waals surface area contributed by atoms with Gasteiger partial charge in [0.2, 0.25) is 6.10 Å². The Kier molecular flexibility index (Phi) is 3.94. The molecule has 0 fully saturated rings. The average Bonchev–Trinajstić information content (AvgIpc) is 3.18. The maximum Gasteiger partial charge on any atom is 0.269 e. The first kappa shape index (κ1) is 16.4. The molecule has 0 saturated heterocycles. The van der Waals surface area contributed by atoms with Gasteiger partial charge in [-0.2, -0.15) is 0 Å². The Labute approximate surface area is 161 Å². The van der Waals surface area contributed by atoms with Crippen LogP contribution in [-0.2, 0) is 4.79 Å². The molecule has 2 N–H and O–H groups in total. The van der Waals surface area contributed by atoms with Gasteiger partial charge in [0.05, 0.1) is 11.0 Å². The molecule has 1 amide bonds. The number of fused-ring (bicyclic) bond motifs is 2. The molecule has 6 nitrogen and oxygen atoms in total. The van der Waals surface area contributed by atoms with Crippen molar-refractivity contribution in [2.24, 2.45) is 0 Å². The minimum atomic E-state index is -0.704. The van der Waals surface area contributed by atoms with Crippen molar-refractivity contribution in [2.75, 3.05) is 11.9 Å².